The summed E-state index contributed by atoms with van der Waals surface area (Å²) < 4.78 is 5.78. The summed E-state index contributed by atoms with van der Waals surface area (Å²) in [5.74, 6) is 0.823. The van der Waals surface area contributed by atoms with E-state index in [2.05, 4.69) is 10.1 Å². The first kappa shape index (κ1) is 15.6. The molecule has 2 rings (SSSR count). The minimum Gasteiger partial charge on any atom is -0.409 e. The molecule has 2 heterocycles. The van der Waals surface area contributed by atoms with Gasteiger partial charge in [-0.3, -0.25) is 0 Å². The largest absolute Gasteiger partial charge is 0.409 e. The third kappa shape index (κ3) is 3.64. The van der Waals surface area contributed by atoms with Crippen LogP contribution < -0.4 is 10.6 Å². The number of hydrogen-bond donors (Lipinski definition) is 2. The highest BCUT2D eigenvalue weighted by molar-refractivity contribution is 6.02. The summed E-state index contributed by atoms with van der Waals surface area (Å²) in [4.78, 5) is 6.60. The van der Waals surface area contributed by atoms with Crippen LogP contribution >= 0.6 is 0 Å². The quantitative estimate of drug-likeness (QED) is 0.382. The van der Waals surface area contributed by atoms with Gasteiger partial charge in [0.25, 0.3) is 0 Å². The Morgan fingerprint density at radius 3 is 2.90 bits per heavy atom. The molecule has 6 heteroatoms. The number of amidine groups is 1. The van der Waals surface area contributed by atoms with Crippen LogP contribution in [0.1, 0.15) is 36.1 Å². The van der Waals surface area contributed by atoms with Crippen molar-refractivity contribution >= 4 is 11.7 Å². The minimum absolute atomic E-state index is 0.0893. The number of nitrogens with two attached hydrogens (primary N) is 1. The van der Waals surface area contributed by atoms with Crippen molar-refractivity contribution in [2.45, 2.75) is 39.2 Å². The number of oxime groups is 1. The molecule has 6 nitrogen and oxygen atoms in total. The van der Waals surface area contributed by atoms with Gasteiger partial charge in [0.05, 0.1) is 11.7 Å². The molecule has 116 valence electrons. The molecule has 0 radical (unpaired) electrons. The molecule has 1 unspecified atom stereocenters. The zero-order valence-electron chi connectivity index (χ0n) is 13.0. The van der Waals surface area contributed by atoms with Crippen molar-refractivity contribution in [1.82, 2.24) is 4.98 Å². The van der Waals surface area contributed by atoms with E-state index in [9.17, 15) is 0 Å². The number of pyridine rings is 1. The normalized spacial score (nSPS) is 19.6. The molecule has 1 aromatic rings. The molecular weight excluding hydrogens is 268 g/mol. The third-order valence-electron chi connectivity index (χ3n) is 3.80. The number of rotatable bonds is 4. The van der Waals surface area contributed by atoms with Crippen molar-refractivity contribution in [2.75, 3.05) is 25.1 Å². The van der Waals surface area contributed by atoms with Crippen molar-refractivity contribution < 1.29 is 9.94 Å². The molecule has 21 heavy (non-hydrogen) atoms. The first-order chi connectivity index (χ1) is 10.0. The Bertz CT molecular complexity index is 525. The van der Waals surface area contributed by atoms with Gasteiger partial charge >= 0.3 is 0 Å². The van der Waals surface area contributed by atoms with E-state index in [1.165, 1.54) is 6.42 Å². The second-order valence-corrected chi connectivity index (χ2v) is 5.63. The molecule has 3 N–H and O–H groups in total. The maximum absolute atomic E-state index is 9.00. The number of anilines is 1. The smallest absolute Gasteiger partial charge is 0.174 e. The number of aromatic nitrogens is 1. The van der Waals surface area contributed by atoms with Crippen molar-refractivity contribution in [3.8, 4) is 0 Å². The number of ether oxygens (including phenoxy) is 1. The molecule has 1 aliphatic heterocycles. The Morgan fingerprint density at radius 1 is 1.52 bits per heavy atom. The zero-order chi connectivity index (χ0) is 15.4. The van der Waals surface area contributed by atoms with E-state index in [0.717, 1.165) is 43.1 Å². The summed E-state index contributed by atoms with van der Waals surface area (Å²) in [5.41, 5.74) is 8.36. The molecular formula is C15H24N4O2. The highest BCUT2D eigenvalue weighted by Crippen LogP contribution is 2.23. The van der Waals surface area contributed by atoms with Gasteiger partial charge in [-0.05, 0) is 44.7 Å². The fourth-order valence-electron chi connectivity index (χ4n) is 2.80. The van der Waals surface area contributed by atoms with Gasteiger partial charge in [-0.1, -0.05) is 5.16 Å². The maximum atomic E-state index is 9.00. The zero-order valence-corrected chi connectivity index (χ0v) is 13.0. The van der Waals surface area contributed by atoms with Gasteiger partial charge in [-0.25, -0.2) is 4.98 Å². The van der Waals surface area contributed by atoms with Gasteiger partial charge in [0, 0.05) is 25.9 Å². The van der Waals surface area contributed by atoms with Crippen LogP contribution in [0.5, 0.6) is 0 Å². The molecule has 1 saturated heterocycles. The van der Waals surface area contributed by atoms with Gasteiger partial charge in [-0.15, -0.1) is 0 Å². The van der Waals surface area contributed by atoms with Gasteiger partial charge in [0.1, 0.15) is 5.82 Å². The van der Waals surface area contributed by atoms with E-state index in [4.69, 9.17) is 15.7 Å². The third-order valence-corrected chi connectivity index (χ3v) is 3.80. The SMILES string of the molecule is Cc1cc(C)c(C(N)=NO)c(N(C)CC2CCCCO2)n1. The number of aryl methyl sites for hydroxylation is 2. The average molecular weight is 292 g/mol. The van der Waals surface area contributed by atoms with Crippen molar-refractivity contribution in [2.24, 2.45) is 10.9 Å². The lowest BCUT2D eigenvalue weighted by Crippen LogP contribution is -2.35. The standard InChI is InChI=1S/C15H24N4O2/c1-10-8-11(2)17-15(13(10)14(16)18-20)19(3)9-12-6-4-5-7-21-12/h8,12,20H,4-7,9H2,1-3H3,(H2,16,18). The lowest BCUT2D eigenvalue weighted by atomic mass is 10.1. The maximum Gasteiger partial charge on any atom is 0.174 e. The van der Waals surface area contributed by atoms with E-state index in [0.29, 0.717) is 5.56 Å². The average Bonchev–Trinajstić information content (AvgIpc) is 2.46. The Kier molecular flexibility index (Phi) is 5.01. The molecule has 1 fully saturated rings. The Morgan fingerprint density at radius 2 is 2.29 bits per heavy atom. The van der Waals surface area contributed by atoms with Crippen LogP contribution in [-0.4, -0.2) is 42.3 Å². The van der Waals surface area contributed by atoms with Crippen LogP contribution in [0.4, 0.5) is 5.82 Å². The summed E-state index contributed by atoms with van der Waals surface area (Å²) in [6, 6.07) is 1.93. The van der Waals surface area contributed by atoms with Crippen molar-refractivity contribution in [1.29, 1.82) is 0 Å². The fourth-order valence-corrected chi connectivity index (χ4v) is 2.80. The molecule has 1 aliphatic rings. The summed E-state index contributed by atoms with van der Waals surface area (Å²) in [6.07, 6.45) is 3.61. The topological polar surface area (TPSA) is 84.0 Å². The number of likely N-dealkylation sites (N-methyl/N-ethyl adjacent to an activating group) is 1. The highest BCUT2D eigenvalue weighted by Gasteiger charge is 2.21. The van der Waals surface area contributed by atoms with Crippen LogP contribution in [0.15, 0.2) is 11.2 Å². The van der Waals surface area contributed by atoms with E-state index in [-0.39, 0.29) is 11.9 Å². The van der Waals surface area contributed by atoms with Crippen LogP contribution in [0.2, 0.25) is 0 Å². The Balaban J connectivity index is 2.28. The first-order valence-electron chi connectivity index (χ1n) is 7.31. The monoisotopic (exact) mass is 292 g/mol. The molecule has 0 aromatic carbocycles. The molecule has 0 amide bonds. The summed E-state index contributed by atoms with van der Waals surface area (Å²) in [7, 11) is 1.97. The van der Waals surface area contributed by atoms with Gasteiger partial charge < -0.3 is 20.6 Å². The molecule has 0 bridgehead atoms. The fraction of sp³-hybridized carbons (Fsp3) is 0.600. The van der Waals surface area contributed by atoms with Crippen LogP contribution in [0.25, 0.3) is 0 Å². The second kappa shape index (κ2) is 6.76. The summed E-state index contributed by atoms with van der Waals surface area (Å²) in [5, 5.41) is 12.1. The number of hydrogen-bond acceptors (Lipinski definition) is 5. The van der Waals surface area contributed by atoms with Crippen LogP contribution in [0.3, 0.4) is 0 Å². The highest BCUT2D eigenvalue weighted by atomic mass is 16.5. The van der Waals surface area contributed by atoms with Crippen molar-refractivity contribution in [3.63, 3.8) is 0 Å². The van der Waals surface area contributed by atoms with Gasteiger partial charge in [0.2, 0.25) is 0 Å². The Labute approximate surface area is 125 Å². The van der Waals surface area contributed by atoms with Crippen LogP contribution in [-0.2, 0) is 4.74 Å². The molecule has 0 aliphatic carbocycles. The molecule has 1 aromatic heterocycles. The summed E-state index contributed by atoms with van der Waals surface area (Å²) in [6.45, 7) is 5.46. The predicted molar refractivity (Wildman–Crippen MR) is 83.1 cm³/mol. The van der Waals surface area contributed by atoms with E-state index in [1.54, 1.807) is 0 Å². The minimum atomic E-state index is 0.0893. The van der Waals surface area contributed by atoms with Gasteiger partial charge in [-0.2, -0.15) is 0 Å². The Hall–Kier alpha value is -1.82. The van der Waals surface area contributed by atoms with E-state index >= 15 is 0 Å². The molecule has 1 atom stereocenters. The summed E-state index contributed by atoms with van der Waals surface area (Å²) >= 11 is 0. The van der Waals surface area contributed by atoms with Crippen LogP contribution in [0, 0.1) is 13.8 Å². The van der Waals surface area contributed by atoms with Gasteiger partial charge in [0.15, 0.2) is 5.84 Å². The lowest BCUT2D eigenvalue weighted by molar-refractivity contribution is 0.0215. The molecule has 0 spiro atoms. The lowest BCUT2D eigenvalue weighted by Gasteiger charge is -2.29. The predicted octanol–water partition coefficient (Wildman–Crippen LogP) is 1.80. The van der Waals surface area contributed by atoms with Crippen molar-refractivity contribution in [3.05, 3.63) is 22.9 Å². The first-order valence-corrected chi connectivity index (χ1v) is 7.31. The van der Waals surface area contributed by atoms with E-state index < -0.39 is 0 Å². The second-order valence-electron chi connectivity index (χ2n) is 5.63. The van der Waals surface area contributed by atoms with E-state index in [1.807, 2.05) is 31.9 Å². The molecule has 0 saturated carbocycles. The number of nitrogens with zero attached hydrogens (tertiary/aromatic N) is 3.